The van der Waals surface area contributed by atoms with Gasteiger partial charge in [-0.05, 0) is 0 Å². The van der Waals surface area contributed by atoms with E-state index in [-0.39, 0.29) is 17.1 Å². The van der Waals surface area contributed by atoms with E-state index in [4.69, 9.17) is 0 Å². The van der Waals surface area contributed by atoms with E-state index in [0.29, 0.717) is 0 Å². The van der Waals surface area contributed by atoms with Crippen LogP contribution in [0.5, 0.6) is 0 Å². The van der Waals surface area contributed by atoms with Gasteiger partial charge in [0.25, 0.3) is 5.91 Å². The van der Waals surface area contributed by atoms with Gasteiger partial charge in [-0.25, -0.2) is 4.79 Å². The summed E-state index contributed by atoms with van der Waals surface area (Å²) in [5.74, 6) is -1.49. The van der Waals surface area contributed by atoms with Crippen molar-refractivity contribution in [1.82, 2.24) is 19.6 Å². The highest BCUT2D eigenvalue weighted by atomic mass is 16.6. The van der Waals surface area contributed by atoms with E-state index >= 15 is 0 Å². The molecule has 2 heterocycles. The van der Waals surface area contributed by atoms with Crippen molar-refractivity contribution in [2.75, 3.05) is 12.4 Å². The fourth-order valence-electron chi connectivity index (χ4n) is 1.87. The predicted molar refractivity (Wildman–Crippen MR) is 72.4 cm³/mol. The van der Waals surface area contributed by atoms with Crippen LogP contribution in [0.2, 0.25) is 0 Å². The van der Waals surface area contributed by atoms with Crippen molar-refractivity contribution in [3.63, 3.8) is 0 Å². The Bertz CT molecular complexity index is 761. The summed E-state index contributed by atoms with van der Waals surface area (Å²) in [6, 6.07) is 0. The van der Waals surface area contributed by atoms with Crippen molar-refractivity contribution in [3.05, 3.63) is 33.9 Å². The zero-order valence-corrected chi connectivity index (χ0v) is 11.9. The van der Waals surface area contributed by atoms with Gasteiger partial charge in [0.2, 0.25) is 5.69 Å². The summed E-state index contributed by atoms with van der Waals surface area (Å²) in [7, 11) is 4.08. The molecule has 0 atom stereocenters. The first-order valence-corrected chi connectivity index (χ1v) is 5.94. The van der Waals surface area contributed by atoms with Crippen molar-refractivity contribution >= 4 is 23.3 Å². The van der Waals surface area contributed by atoms with E-state index in [9.17, 15) is 19.7 Å². The summed E-state index contributed by atoms with van der Waals surface area (Å²) >= 11 is 0. The van der Waals surface area contributed by atoms with Crippen molar-refractivity contribution in [2.45, 2.75) is 0 Å². The lowest BCUT2D eigenvalue weighted by Crippen LogP contribution is -2.19. The quantitative estimate of drug-likeness (QED) is 0.481. The van der Waals surface area contributed by atoms with Gasteiger partial charge in [0.15, 0.2) is 5.69 Å². The Labute approximate surface area is 123 Å². The Kier molecular flexibility index (Phi) is 3.88. The van der Waals surface area contributed by atoms with Gasteiger partial charge in [-0.3, -0.25) is 24.3 Å². The van der Waals surface area contributed by atoms with Crippen molar-refractivity contribution in [3.8, 4) is 0 Å². The lowest BCUT2D eigenvalue weighted by Gasteiger charge is -2.06. The minimum absolute atomic E-state index is 0.0145. The van der Waals surface area contributed by atoms with Crippen molar-refractivity contribution < 1.29 is 19.2 Å². The molecule has 22 heavy (non-hydrogen) atoms. The van der Waals surface area contributed by atoms with E-state index < -0.39 is 22.5 Å². The van der Waals surface area contributed by atoms with Gasteiger partial charge in [0.1, 0.15) is 6.20 Å². The maximum atomic E-state index is 12.2. The van der Waals surface area contributed by atoms with Gasteiger partial charge < -0.3 is 10.1 Å². The molecular formula is C11H12N6O5. The topological polar surface area (TPSA) is 134 Å². The summed E-state index contributed by atoms with van der Waals surface area (Å²) in [4.78, 5) is 34.1. The molecule has 116 valence electrons. The third kappa shape index (κ3) is 2.51. The van der Waals surface area contributed by atoms with E-state index in [2.05, 4.69) is 20.3 Å². The molecule has 0 aliphatic heterocycles. The molecule has 0 aliphatic carbocycles. The van der Waals surface area contributed by atoms with Gasteiger partial charge in [-0.15, -0.1) is 0 Å². The van der Waals surface area contributed by atoms with Gasteiger partial charge in [0, 0.05) is 14.1 Å². The SMILES string of the molecule is COC(=O)c1c(NC(=O)c2c([N+](=O)[O-])cnn2C)cnn1C. The molecule has 0 spiro atoms. The Morgan fingerprint density at radius 1 is 1.23 bits per heavy atom. The van der Waals surface area contributed by atoms with Gasteiger partial charge >= 0.3 is 11.7 Å². The molecule has 2 rings (SSSR count). The number of carbonyl (C=O) groups is 2. The van der Waals surface area contributed by atoms with E-state index in [1.807, 2.05) is 0 Å². The average molecular weight is 308 g/mol. The standard InChI is InChI=1S/C11H12N6O5/c1-15-8(11(19)22-3)6(4-12-15)14-10(18)9-7(17(20)21)5-13-16(9)2/h4-5H,1-3H3,(H,14,18). The zero-order valence-electron chi connectivity index (χ0n) is 11.9. The number of rotatable bonds is 4. The molecule has 0 bridgehead atoms. The zero-order chi connectivity index (χ0) is 16.4. The number of ether oxygens (including phenoxy) is 1. The number of hydrogen-bond acceptors (Lipinski definition) is 7. The fraction of sp³-hybridized carbons (Fsp3) is 0.273. The van der Waals surface area contributed by atoms with Crippen LogP contribution in [-0.2, 0) is 18.8 Å². The number of nitrogens with one attached hydrogen (secondary N) is 1. The minimum Gasteiger partial charge on any atom is -0.464 e. The first-order valence-electron chi connectivity index (χ1n) is 5.94. The summed E-state index contributed by atoms with van der Waals surface area (Å²) in [5.41, 5.74) is -0.594. The van der Waals surface area contributed by atoms with Crippen LogP contribution in [0.4, 0.5) is 11.4 Å². The third-order valence-corrected chi connectivity index (χ3v) is 2.90. The molecule has 2 aromatic rings. The first-order chi connectivity index (χ1) is 10.4. The second-order valence-electron chi connectivity index (χ2n) is 4.24. The summed E-state index contributed by atoms with van der Waals surface area (Å²) in [6.07, 6.45) is 2.21. The second kappa shape index (κ2) is 5.63. The molecule has 1 amide bonds. The van der Waals surface area contributed by atoms with Crippen LogP contribution >= 0.6 is 0 Å². The molecule has 0 saturated carbocycles. The largest absolute Gasteiger partial charge is 0.464 e. The second-order valence-corrected chi connectivity index (χ2v) is 4.24. The predicted octanol–water partition coefficient (Wildman–Crippen LogP) is 0.101. The highest BCUT2D eigenvalue weighted by Crippen LogP contribution is 2.20. The number of esters is 1. The third-order valence-electron chi connectivity index (χ3n) is 2.90. The van der Waals surface area contributed by atoms with Crippen molar-refractivity contribution in [2.24, 2.45) is 14.1 Å². The highest BCUT2D eigenvalue weighted by molar-refractivity contribution is 6.08. The molecule has 2 aromatic heterocycles. The van der Waals surface area contributed by atoms with Gasteiger partial charge in [0.05, 0.1) is 23.9 Å². The Morgan fingerprint density at radius 3 is 2.41 bits per heavy atom. The summed E-state index contributed by atoms with van der Waals surface area (Å²) < 4.78 is 6.89. The highest BCUT2D eigenvalue weighted by Gasteiger charge is 2.27. The maximum Gasteiger partial charge on any atom is 0.358 e. The Morgan fingerprint density at radius 2 is 1.82 bits per heavy atom. The molecule has 0 fully saturated rings. The van der Waals surface area contributed by atoms with Crippen LogP contribution in [-0.4, -0.2) is 43.5 Å². The number of nitro groups is 1. The Hall–Kier alpha value is -3.24. The lowest BCUT2D eigenvalue weighted by molar-refractivity contribution is -0.385. The number of methoxy groups -OCH3 is 1. The van der Waals surface area contributed by atoms with Crippen LogP contribution < -0.4 is 5.32 Å². The minimum atomic E-state index is -0.787. The van der Waals surface area contributed by atoms with E-state index in [1.165, 1.54) is 32.1 Å². The van der Waals surface area contributed by atoms with Crippen LogP contribution in [0.3, 0.4) is 0 Å². The van der Waals surface area contributed by atoms with Crippen molar-refractivity contribution in [1.29, 1.82) is 0 Å². The smallest absolute Gasteiger partial charge is 0.358 e. The molecule has 11 nitrogen and oxygen atoms in total. The molecule has 1 N–H and O–H groups in total. The summed E-state index contributed by atoms with van der Waals surface area (Å²) in [6.45, 7) is 0. The summed E-state index contributed by atoms with van der Waals surface area (Å²) in [5, 5.41) is 20.8. The molecule has 0 saturated heterocycles. The number of aromatic nitrogens is 4. The number of hydrogen-bond donors (Lipinski definition) is 1. The molecule has 0 unspecified atom stereocenters. The number of amides is 1. The van der Waals surface area contributed by atoms with E-state index in [0.717, 1.165) is 10.9 Å². The van der Waals surface area contributed by atoms with Gasteiger partial charge in [-0.1, -0.05) is 0 Å². The number of carbonyl (C=O) groups excluding carboxylic acids is 2. The monoisotopic (exact) mass is 308 g/mol. The molecule has 0 aliphatic rings. The van der Waals surface area contributed by atoms with Gasteiger partial charge in [-0.2, -0.15) is 10.2 Å². The van der Waals surface area contributed by atoms with Crippen LogP contribution in [0.25, 0.3) is 0 Å². The molecule has 0 aromatic carbocycles. The molecule has 11 heteroatoms. The normalized spacial score (nSPS) is 10.3. The lowest BCUT2D eigenvalue weighted by atomic mass is 10.3. The van der Waals surface area contributed by atoms with Crippen LogP contribution in [0.1, 0.15) is 21.0 Å². The average Bonchev–Trinajstić information content (AvgIpc) is 3.01. The number of aryl methyl sites for hydroxylation is 2. The molecule has 0 radical (unpaired) electrons. The maximum absolute atomic E-state index is 12.2. The molecular weight excluding hydrogens is 296 g/mol. The van der Waals surface area contributed by atoms with Crippen LogP contribution in [0, 0.1) is 10.1 Å². The fourth-order valence-corrected chi connectivity index (χ4v) is 1.87. The number of nitrogens with zero attached hydrogens (tertiary/aromatic N) is 5. The van der Waals surface area contributed by atoms with E-state index in [1.54, 1.807) is 0 Å². The van der Waals surface area contributed by atoms with Crippen LogP contribution in [0.15, 0.2) is 12.4 Å². The number of anilines is 1. The first kappa shape index (κ1) is 15.2. The Balaban J connectivity index is 2.37.